The van der Waals surface area contributed by atoms with Gasteiger partial charge in [0.15, 0.2) is 0 Å². The topological polar surface area (TPSA) is 35.2 Å². The average Bonchev–Trinajstić information content (AvgIpc) is 2.26. The van der Waals surface area contributed by atoms with E-state index in [1.165, 1.54) is 12.1 Å². The van der Waals surface area contributed by atoms with Crippen molar-refractivity contribution in [1.29, 1.82) is 0 Å². The molecule has 18 heavy (non-hydrogen) atoms. The summed E-state index contributed by atoms with van der Waals surface area (Å²) in [4.78, 5) is 0. The second kappa shape index (κ2) is 6.43. The van der Waals surface area contributed by atoms with Crippen LogP contribution in [0.25, 0.3) is 0 Å². The van der Waals surface area contributed by atoms with E-state index in [2.05, 4.69) is 20.7 Å². The van der Waals surface area contributed by atoms with Gasteiger partial charge >= 0.3 is 6.36 Å². The highest BCUT2D eigenvalue weighted by Crippen LogP contribution is 2.33. The molecule has 0 aliphatic rings. The summed E-state index contributed by atoms with van der Waals surface area (Å²) in [6.45, 7) is 2.00. The highest BCUT2D eigenvalue weighted by Gasteiger charge is 2.32. The van der Waals surface area contributed by atoms with E-state index in [9.17, 15) is 13.2 Å². The zero-order valence-electron chi connectivity index (χ0n) is 9.93. The number of rotatable bonds is 5. The van der Waals surface area contributed by atoms with Crippen LogP contribution in [-0.2, 0) is 0 Å². The van der Waals surface area contributed by atoms with Gasteiger partial charge in [0, 0.05) is 16.1 Å². The highest BCUT2D eigenvalue weighted by molar-refractivity contribution is 9.10. The molecule has 6 heteroatoms. The summed E-state index contributed by atoms with van der Waals surface area (Å²) in [7, 11) is 0. The van der Waals surface area contributed by atoms with E-state index in [1.54, 1.807) is 6.07 Å². The summed E-state index contributed by atoms with van der Waals surface area (Å²) in [5.74, 6) is -0.227. The van der Waals surface area contributed by atoms with E-state index >= 15 is 0 Å². The Morgan fingerprint density at radius 1 is 1.39 bits per heavy atom. The monoisotopic (exact) mass is 325 g/mol. The van der Waals surface area contributed by atoms with E-state index < -0.39 is 12.4 Å². The summed E-state index contributed by atoms with van der Waals surface area (Å²) in [6, 6.07) is 3.89. The maximum absolute atomic E-state index is 12.3. The van der Waals surface area contributed by atoms with Crippen LogP contribution in [0.2, 0.25) is 0 Å². The lowest BCUT2D eigenvalue weighted by Gasteiger charge is -2.18. The summed E-state index contributed by atoms with van der Waals surface area (Å²) < 4.78 is 41.5. The van der Waals surface area contributed by atoms with Gasteiger partial charge < -0.3 is 10.5 Å². The van der Waals surface area contributed by atoms with E-state index in [-0.39, 0.29) is 5.75 Å². The predicted octanol–water partition coefficient (Wildman–Crippen LogP) is 4.54. The Bertz CT molecular complexity index is 395. The molecule has 0 aliphatic carbocycles. The van der Waals surface area contributed by atoms with E-state index in [4.69, 9.17) is 5.73 Å². The molecule has 0 aromatic heterocycles. The third kappa shape index (κ3) is 4.86. The minimum absolute atomic E-state index is 0.227. The number of ether oxygens (including phenoxy) is 1. The van der Waals surface area contributed by atoms with E-state index in [0.717, 1.165) is 12.8 Å². The maximum Gasteiger partial charge on any atom is 0.573 e. The fourth-order valence-corrected chi connectivity index (χ4v) is 1.99. The third-order valence-electron chi connectivity index (χ3n) is 2.47. The summed E-state index contributed by atoms with van der Waals surface area (Å²) >= 11 is 3.22. The van der Waals surface area contributed by atoms with Gasteiger partial charge in [-0.2, -0.15) is 0 Å². The Morgan fingerprint density at radius 3 is 2.61 bits per heavy atom. The highest BCUT2D eigenvalue weighted by atomic mass is 79.9. The van der Waals surface area contributed by atoms with Gasteiger partial charge in [-0.3, -0.25) is 0 Å². The van der Waals surface area contributed by atoms with Crippen LogP contribution in [0.1, 0.15) is 37.8 Å². The van der Waals surface area contributed by atoms with Crippen LogP contribution < -0.4 is 10.5 Å². The van der Waals surface area contributed by atoms with Gasteiger partial charge in [0.1, 0.15) is 5.75 Å². The molecule has 2 N–H and O–H groups in total. The standard InChI is InChI=1S/C12H15BrF3NO/c1-2-3-4-10(17)9-7-8(13)5-6-11(9)18-12(14,15)16/h5-7,10H,2-4,17H2,1H3/t10-/m0/s1. The number of alkyl halides is 3. The first kappa shape index (κ1) is 15.3. The molecule has 0 fully saturated rings. The van der Waals surface area contributed by atoms with Crippen molar-refractivity contribution in [3.8, 4) is 5.75 Å². The Hall–Kier alpha value is -0.750. The van der Waals surface area contributed by atoms with Crippen molar-refractivity contribution >= 4 is 15.9 Å². The molecule has 0 bridgehead atoms. The molecule has 0 heterocycles. The number of benzene rings is 1. The van der Waals surface area contributed by atoms with Crippen LogP contribution in [0.15, 0.2) is 22.7 Å². The molecule has 0 spiro atoms. The Kier molecular flexibility index (Phi) is 5.47. The molecule has 0 radical (unpaired) electrons. The quantitative estimate of drug-likeness (QED) is 0.862. The molecule has 2 nitrogen and oxygen atoms in total. The zero-order valence-corrected chi connectivity index (χ0v) is 11.5. The number of hydrogen-bond acceptors (Lipinski definition) is 2. The van der Waals surface area contributed by atoms with Gasteiger partial charge in [0.25, 0.3) is 0 Å². The van der Waals surface area contributed by atoms with E-state index in [1.807, 2.05) is 6.92 Å². The number of unbranched alkanes of at least 4 members (excludes halogenated alkanes) is 1. The second-order valence-electron chi connectivity index (χ2n) is 3.98. The van der Waals surface area contributed by atoms with Crippen molar-refractivity contribution in [3.05, 3.63) is 28.2 Å². The fourth-order valence-electron chi connectivity index (χ4n) is 1.61. The molecule has 1 atom stereocenters. The van der Waals surface area contributed by atoms with Crippen molar-refractivity contribution in [2.24, 2.45) is 5.73 Å². The van der Waals surface area contributed by atoms with E-state index in [0.29, 0.717) is 16.5 Å². The third-order valence-corrected chi connectivity index (χ3v) is 2.96. The van der Waals surface area contributed by atoms with Crippen molar-refractivity contribution in [2.45, 2.75) is 38.6 Å². The molecule has 0 saturated carbocycles. The van der Waals surface area contributed by atoms with Crippen LogP contribution >= 0.6 is 15.9 Å². The van der Waals surface area contributed by atoms with Gasteiger partial charge in [-0.05, 0) is 24.6 Å². The molecule has 102 valence electrons. The summed E-state index contributed by atoms with van der Waals surface area (Å²) in [5.41, 5.74) is 6.27. The van der Waals surface area contributed by atoms with Crippen LogP contribution in [0.5, 0.6) is 5.75 Å². The zero-order chi connectivity index (χ0) is 13.8. The average molecular weight is 326 g/mol. The molecule has 0 amide bonds. The first-order valence-electron chi connectivity index (χ1n) is 5.64. The predicted molar refractivity (Wildman–Crippen MR) is 67.3 cm³/mol. The van der Waals surface area contributed by atoms with Crippen LogP contribution in [0.4, 0.5) is 13.2 Å². The van der Waals surface area contributed by atoms with Crippen molar-refractivity contribution in [1.82, 2.24) is 0 Å². The van der Waals surface area contributed by atoms with Gasteiger partial charge in [-0.1, -0.05) is 35.7 Å². The van der Waals surface area contributed by atoms with Crippen molar-refractivity contribution < 1.29 is 17.9 Å². The molecule has 0 aliphatic heterocycles. The summed E-state index contributed by atoms with van der Waals surface area (Å²) in [6.07, 6.45) is -2.27. The smallest absolute Gasteiger partial charge is 0.405 e. The number of nitrogens with two attached hydrogens (primary N) is 1. The Morgan fingerprint density at radius 2 is 2.06 bits per heavy atom. The number of hydrogen-bond donors (Lipinski definition) is 1. The fraction of sp³-hybridized carbons (Fsp3) is 0.500. The Labute approximate surface area is 112 Å². The molecule has 1 rings (SSSR count). The second-order valence-corrected chi connectivity index (χ2v) is 4.89. The lowest BCUT2D eigenvalue weighted by atomic mass is 10.0. The van der Waals surface area contributed by atoms with Crippen LogP contribution in [0, 0.1) is 0 Å². The molecule has 1 aromatic rings. The molecule has 0 unspecified atom stereocenters. The number of halogens is 4. The first-order valence-corrected chi connectivity index (χ1v) is 6.43. The lowest BCUT2D eigenvalue weighted by molar-refractivity contribution is -0.275. The van der Waals surface area contributed by atoms with Crippen LogP contribution in [0.3, 0.4) is 0 Å². The SMILES string of the molecule is CCCC[C@H](N)c1cc(Br)ccc1OC(F)(F)F. The summed E-state index contributed by atoms with van der Waals surface area (Å²) in [5, 5.41) is 0. The van der Waals surface area contributed by atoms with Gasteiger partial charge in [0.05, 0.1) is 0 Å². The molecular weight excluding hydrogens is 311 g/mol. The lowest BCUT2D eigenvalue weighted by Crippen LogP contribution is -2.20. The Balaban J connectivity index is 2.96. The molecule has 0 saturated heterocycles. The molecular formula is C12H15BrF3NO. The largest absolute Gasteiger partial charge is 0.573 e. The van der Waals surface area contributed by atoms with Gasteiger partial charge in [0.2, 0.25) is 0 Å². The first-order chi connectivity index (χ1) is 8.33. The van der Waals surface area contributed by atoms with Crippen molar-refractivity contribution in [2.75, 3.05) is 0 Å². The molecule has 1 aromatic carbocycles. The normalized spacial score (nSPS) is 13.4. The van der Waals surface area contributed by atoms with Crippen molar-refractivity contribution in [3.63, 3.8) is 0 Å². The maximum atomic E-state index is 12.3. The van der Waals surface area contributed by atoms with Gasteiger partial charge in [-0.15, -0.1) is 13.2 Å². The van der Waals surface area contributed by atoms with Gasteiger partial charge in [-0.25, -0.2) is 0 Å². The van der Waals surface area contributed by atoms with Crippen LogP contribution in [-0.4, -0.2) is 6.36 Å². The minimum atomic E-state index is -4.70. The minimum Gasteiger partial charge on any atom is -0.405 e.